The average molecular weight is 265 g/mol. The summed E-state index contributed by atoms with van der Waals surface area (Å²) < 4.78 is 9.90. The van der Waals surface area contributed by atoms with Crippen molar-refractivity contribution in [3.63, 3.8) is 0 Å². The molecule has 1 aliphatic carbocycles. The molecule has 6 heteroatoms. The zero-order chi connectivity index (χ0) is 14.0. The second kappa shape index (κ2) is 4.89. The number of hydroxylamine groups is 1. The minimum Gasteiger partial charge on any atom is -0.497 e. The van der Waals surface area contributed by atoms with Gasteiger partial charge in [0, 0.05) is 0 Å². The zero-order valence-corrected chi connectivity index (χ0v) is 10.7. The Morgan fingerprint density at radius 2 is 2.16 bits per heavy atom. The van der Waals surface area contributed by atoms with Crippen LogP contribution < -0.4 is 10.2 Å². The molecule has 6 nitrogen and oxygen atoms in total. The zero-order valence-electron chi connectivity index (χ0n) is 10.7. The molecule has 2 atom stereocenters. The van der Waals surface area contributed by atoms with Gasteiger partial charge >= 0.3 is 5.97 Å². The van der Waals surface area contributed by atoms with Crippen molar-refractivity contribution < 1.29 is 24.3 Å². The molecule has 2 rings (SSSR count). The van der Waals surface area contributed by atoms with Crippen LogP contribution in [0.15, 0.2) is 24.3 Å². The first-order chi connectivity index (χ1) is 9.09. The molecule has 1 aromatic rings. The van der Waals surface area contributed by atoms with E-state index in [4.69, 9.17) is 14.7 Å². The summed E-state index contributed by atoms with van der Waals surface area (Å²) in [6.45, 7) is 0. The summed E-state index contributed by atoms with van der Waals surface area (Å²) in [5, 5.41) is 8.70. The van der Waals surface area contributed by atoms with Crippen LogP contribution in [0.5, 0.6) is 5.75 Å². The standard InChI is InChI=1S/C13H15NO5/c1-18-9-5-3-4-8(6-9)13(12(16)19-2)7-10(13)11(15)14-17/h3-6,10,17H,7H2,1-2H3,(H,14,15)/t10-,13-/m0/s1. The van der Waals surface area contributed by atoms with E-state index in [0.717, 1.165) is 0 Å². The fraction of sp³-hybridized carbons (Fsp3) is 0.385. The number of hydrogen-bond donors (Lipinski definition) is 2. The van der Waals surface area contributed by atoms with Gasteiger partial charge in [-0.1, -0.05) is 12.1 Å². The number of amides is 1. The number of nitrogens with one attached hydrogen (secondary N) is 1. The maximum absolute atomic E-state index is 12.0. The van der Waals surface area contributed by atoms with E-state index in [1.165, 1.54) is 14.2 Å². The molecule has 0 spiro atoms. The van der Waals surface area contributed by atoms with E-state index < -0.39 is 23.2 Å². The largest absolute Gasteiger partial charge is 0.497 e. The highest BCUT2D eigenvalue weighted by Crippen LogP contribution is 2.55. The summed E-state index contributed by atoms with van der Waals surface area (Å²) in [6, 6.07) is 6.93. The minimum atomic E-state index is -1.03. The summed E-state index contributed by atoms with van der Waals surface area (Å²) in [4.78, 5) is 23.5. The predicted octanol–water partition coefficient (Wildman–Crippen LogP) is 0.631. The van der Waals surface area contributed by atoms with Crippen molar-refractivity contribution in [3.8, 4) is 5.75 Å². The molecule has 1 fully saturated rings. The van der Waals surface area contributed by atoms with Crippen molar-refractivity contribution in [3.05, 3.63) is 29.8 Å². The second-order valence-corrected chi connectivity index (χ2v) is 4.43. The Bertz CT molecular complexity index is 516. The van der Waals surface area contributed by atoms with Gasteiger partial charge in [-0.3, -0.25) is 14.8 Å². The van der Waals surface area contributed by atoms with Crippen LogP contribution in [0.2, 0.25) is 0 Å². The molecule has 0 heterocycles. The maximum atomic E-state index is 12.0. The van der Waals surface area contributed by atoms with Gasteiger partial charge in [-0.2, -0.15) is 0 Å². The number of carbonyl (C=O) groups is 2. The smallest absolute Gasteiger partial charge is 0.317 e. The topological polar surface area (TPSA) is 84.9 Å². The van der Waals surface area contributed by atoms with Crippen LogP contribution in [0.1, 0.15) is 12.0 Å². The van der Waals surface area contributed by atoms with Crippen molar-refractivity contribution >= 4 is 11.9 Å². The van der Waals surface area contributed by atoms with E-state index in [-0.39, 0.29) is 0 Å². The van der Waals surface area contributed by atoms with Crippen LogP contribution in [0.25, 0.3) is 0 Å². The van der Waals surface area contributed by atoms with E-state index in [1.807, 2.05) is 0 Å². The molecule has 19 heavy (non-hydrogen) atoms. The summed E-state index contributed by atoms with van der Waals surface area (Å²) in [5.74, 6) is -1.12. The van der Waals surface area contributed by atoms with Crippen molar-refractivity contribution in [1.29, 1.82) is 0 Å². The van der Waals surface area contributed by atoms with Crippen molar-refractivity contribution in [2.45, 2.75) is 11.8 Å². The third-order valence-corrected chi connectivity index (χ3v) is 3.52. The van der Waals surface area contributed by atoms with Crippen LogP contribution in [0, 0.1) is 5.92 Å². The SMILES string of the molecule is COC(=O)[C@]1(c2cccc(OC)c2)C[C@H]1C(=O)NO. The molecule has 102 valence electrons. The van der Waals surface area contributed by atoms with Gasteiger partial charge in [0.1, 0.15) is 11.2 Å². The third-order valence-electron chi connectivity index (χ3n) is 3.52. The number of rotatable bonds is 4. The first kappa shape index (κ1) is 13.4. The fourth-order valence-corrected chi connectivity index (χ4v) is 2.40. The van der Waals surface area contributed by atoms with E-state index in [2.05, 4.69) is 0 Å². The van der Waals surface area contributed by atoms with E-state index in [9.17, 15) is 9.59 Å². The van der Waals surface area contributed by atoms with Gasteiger partial charge < -0.3 is 9.47 Å². The lowest BCUT2D eigenvalue weighted by Crippen LogP contribution is -2.31. The number of methoxy groups -OCH3 is 2. The maximum Gasteiger partial charge on any atom is 0.317 e. The molecular formula is C13H15NO5. The molecule has 2 N–H and O–H groups in total. The molecule has 0 bridgehead atoms. The van der Waals surface area contributed by atoms with E-state index >= 15 is 0 Å². The van der Waals surface area contributed by atoms with Crippen molar-refractivity contribution in [2.24, 2.45) is 5.92 Å². The second-order valence-electron chi connectivity index (χ2n) is 4.43. The van der Waals surface area contributed by atoms with Crippen LogP contribution in [0.4, 0.5) is 0 Å². The normalized spacial score (nSPS) is 24.5. The molecule has 1 aromatic carbocycles. The lowest BCUT2D eigenvalue weighted by atomic mass is 9.92. The van der Waals surface area contributed by atoms with Crippen molar-refractivity contribution in [2.75, 3.05) is 14.2 Å². The molecule has 0 unspecified atom stereocenters. The Balaban J connectivity index is 2.40. The molecule has 0 aliphatic heterocycles. The molecule has 0 aromatic heterocycles. The Hall–Kier alpha value is -2.08. The number of hydrogen-bond acceptors (Lipinski definition) is 5. The molecule has 1 saturated carbocycles. The Kier molecular flexibility index (Phi) is 3.44. The average Bonchev–Trinajstić information content (AvgIpc) is 3.22. The lowest BCUT2D eigenvalue weighted by Gasteiger charge is -2.15. The molecule has 1 aliphatic rings. The number of benzene rings is 1. The summed E-state index contributed by atoms with van der Waals surface area (Å²) in [6.07, 6.45) is 0.305. The van der Waals surface area contributed by atoms with Crippen LogP contribution in [0.3, 0.4) is 0 Å². The van der Waals surface area contributed by atoms with Crippen LogP contribution >= 0.6 is 0 Å². The highest BCUT2D eigenvalue weighted by molar-refractivity contribution is 5.97. The highest BCUT2D eigenvalue weighted by Gasteiger charge is 2.65. The quantitative estimate of drug-likeness (QED) is 0.474. The molecule has 1 amide bonds. The van der Waals surface area contributed by atoms with Crippen molar-refractivity contribution in [1.82, 2.24) is 5.48 Å². The van der Waals surface area contributed by atoms with Crippen LogP contribution in [-0.4, -0.2) is 31.3 Å². The predicted molar refractivity (Wildman–Crippen MR) is 64.7 cm³/mol. The Morgan fingerprint density at radius 3 is 2.74 bits per heavy atom. The van der Waals surface area contributed by atoms with Gasteiger partial charge in [-0.05, 0) is 24.1 Å². The van der Waals surface area contributed by atoms with Gasteiger partial charge in [0.2, 0.25) is 5.91 Å². The number of esters is 1. The monoisotopic (exact) mass is 265 g/mol. The lowest BCUT2D eigenvalue weighted by molar-refractivity contribution is -0.146. The first-order valence-electron chi connectivity index (χ1n) is 5.77. The van der Waals surface area contributed by atoms with Gasteiger partial charge in [-0.15, -0.1) is 0 Å². The fourth-order valence-electron chi connectivity index (χ4n) is 2.40. The minimum absolute atomic E-state index is 0.305. The van der Waals surface area contributed by atoms with Gasteiger partial charge in [0.15, 0.2) is 0 Å². The van der Waals surface area contributed by atoms with E-state index in [0.29, 0.717) is 17.7 Å². The third kappa shape index (κ3) is 2.04. The summed E-state index contributed by atoms with van der Waals surface area (Å²) in [7, 11) is 2.80. The first-order valence-corrected chi connectivity index (χ1v) is 5.77. The summed E-state index contributed by atoms with van der Waals surface area (Å²) in [5.41, 5.74) is 1.20. The highest BCUT2D eigenvalue weighted by atomic mass is 16.5. The molecular weight excluding hydrogens is 250 g/mol. The van der Waals surface area contributed by atoms with Gasteiger partial charge in [-0.25, -0.2) is 5.48 Å². The number of carbonyl (C=O) groups excluding carboxylic acids is 2. The van der Waals surface area contributed by atoms with Gasteiger partial charge in [0.05, 0.1) is 20.1 Å². The Labute approximate surface area is 110 Å². The Morgan fingerprint density at radius 1 is 1.42 bits per heavy atom. The molecule has 0 saturated heterocycles. The van der Waals surface area contributed by atoms with Crippen LogP contribution in [-0.2, 0) is 19.7 Å². The summed E-state index contributed by atoms with van der Waals surface area (Å²) >= 11 is 0. The number of ether oxygens (including phenoxy) is 2. The van der Waals surface area contributed by atoms with E-state index in [1.54, 1.807) is 29.7 Å². The molecule has 0 radical (unpaired) electrons. The van der Waals surface area contributed by atoms with Gasteiger partial charge in [0.25, 0.3) is 0 Å².